The number of hydrogen-bond donors (Lipinski definition) is 1. The highest BCUT2D eigenvalue weighted by Gasteiger charge is 2.61. The lowest BCUT2D eigenvalue weighted by atomic mass is 9.77. The van der Waals surface area contributed by atoms with Crippen molar-refractivity contribution in [3.8, 4) is 0 Å². The summed E-state index contributed by atoms with van der Waals surface area (Å²) in [5.41, 5.74) is -1.24. The first kappa shape index (κ1) is 17.7. The maximum Gasteiger partial charge on any atom is 0.256 e. The third-order valence-electron chi connectivity index (χ3n) is 5.15. The number of nitrogens with zero attached hydrogens (tertiary/aromatic N) is 1. The van der Waals surface area contributed by atoms with E-state index < -0.39 is 11.3 Å². The van der Waals surface area contributed by atoms with Crippen LogP contribution in [-0.4, -0.2) is 40.3 Å². The van der Waals surface area contributed by atoms with Gasteiger partial charge in [-0.1, -0.05) is 26.2 Å². The highest BCUT2D eigenvalue weighted by atomic mass is 16.6. The van der Waals surface area contributed by atoms with Crippen LogP contribution in [0.15, 0.2) is 0 Å². The van der Waals surface area contributed by atoms with Crippen molar-refractivity contribution in [1.29, 1.82) is 0 Å². The van der Waals surface area contributed by atoms with E-state index in [4.69, 9.17) is 4.74 Å². The van der Waals surface area contributed by atoms with Gasteiger partial charge in [0.05, 0.1) is 0 Å². The van der Waals surface area contributed by atoms with Crippen molar-refractivity contribution in [2.24, 2.45) is 0 Å². The first-order valence-corrected chi connectivity index (χ1v) is 8.73. The minimum absolute atomic E-state index is 0.0506. The molecule has 0 aromatic heterocycles. The molecule has 0 aromatic rings. The lowest BCUT2D eigenvalue weighted by molar-refractivity contribution is -0.177. The number of piperidine rings is 1. The molecule has 4 heteroatoms. The molecule has 0 aliphatic carbocycles. The summed E-state index contributed by atoms with van der Waals surface area (Å²) in [6, 6.07) is 0. The Balaban J connectivity index is 2.26. The molecule has 2 aliphatic heterocycles. The predicted octanol–water partition coefficient (Wildman–Crippen LogP) is 3.45. The fraction of sp³-hybridized carbons (Fsp3) is 0.944. The number of unbranched alkanes of at least 4 members (excludes halogenated alkanes) is 2. The number of ether oxygens (including phenoxy) is 1. The Kier molecular flexibility index (Phi) is 4.42. The molecule has 4 nitrogen and oxygen atoms in total. The molecule has 0 aromatic carbocycles. The monoisotopic (exact) mass is 310 g/mol. The van der Waals surface area contributed by atoms with Gasteiger partial charge in [0.25, 0.3) is 5.91 Å². The van der Waals surface area contributed by atoms with Crippen LogP contribution in [0.4, 0.5) is 0 Å². The molecule has 2 fully saturated rings. The normalized spacial score (nSPS) is 32.7. The van der Waals surface area contributed by atoms with Gasteiger partial charge < -0.3 is 15.0 Å². The largest absolute Gasteiger partial charge is 0.339 e. The van der Waals surface area contributed by atoms with Crippen molar-refractivity contribution in [1.82, 2.24) is 10.2 Å². The lowest BCUT2D eigenvalue weighted by Crippen LogP contribution is -2.66. The summed E-state index contributed by atoms with van der Waals surface area (Å²) >= 11 is 0. The summed E-state index contributed by atoms with van der Waals surface area (Å²) in [5.74, 6) is 0.150. The Morgan fingerprint density at radius 2 is 1.64 bits per heavy atom. The van der Waals surface area contributed by atoms with Gasteiger partial charge in [-0.2, -0.15) is 0 Å². The average Bonchev–Trinajstić information content (AvgIpc) is 2.48. The maximum absolute atomic E-state index is 12.9. The number of likely N-dealkylation sites (N-methyl/N-ethyl adjacent to an activating group) is 1. The molecular weight excluding hydrogens is 276 g/mol. The van der Waals surface area contributed by atoms with E-state index in [1.807, 2.05) is 18.9 Å². The molecule has 1 amide bonds. The van der Waals surface area contributed by atoms with Gasteiger partial charge in [-0.25, -0.2) is 0 Å². The summed E-state index contributed by atoms with van der Waals surface area (Å²) in [4.78, 5) is 14.8. The van der Waals surface area contributed by atoms with E-state index in [0.717, 1.165) is 38.5 Å². The minimum Gasteiger partial charge on any atom is -0.339 e. The Bertz CT molecular complexity index is 428. The quantitative estimate of drug-likeness (QED) is 0.809. The average molecular weight is 310 g/mol. The van der Waals surface area contributed by atoms with Crippen LogP contribution in [0.3, 0.4) is 0 Å². The second-order valence-corrected chi connectivity index (χ2v) is 8.85. The van der Waals surface area contributed by atoms with Crippen molar-refractivity contribution in [3.05, 3.63) is 0 Å². The van der Waals surface area contributed by atoms with Crippen molar-refractivity contribution >= 4 is 5.91 Å². The van der Waals surface area contributed by atoms with Gasteiger partial charge in [-0.15, -0.1) is 0 Å². The highest BCUT2D eigenvalue weighted by Crippen LogP contribution is 2.48. The van der Waals surface area contributed by atoms with Crippen LogP contribution < -0.4 is 5.32 Å². The first-order chi connectivity index (χ1) is 9.95. The topological polar surface area (TPSA) is 41.6 Å². The van der Waals surface area contributed by atoms with E-state index in [2.05, 4.69) is 39.9 Å². The van der Waals surface area contributed by atoms with Crippen LogP contribution in [-0.2, 0) is 9.53 Å². The second-order valence-electron chi connectivity index (χ2n) is 8.85. The highest BCUT2D eigenvalue weighted by molar-refractivity contribution is 5.87. The van der Waals surface area contributed by atoms with Crippen LogP contribution in [0.5, 0.6) is 0 Å². The lowest BCUT2D eigenvalue weighted by Gasteiger charge is -2.53. The molecule has 0 radical (unpaired) electrons. The molecule has 0 saturated carbocycles. The van der Waals surface area contributed by atoms with E-state index >= 15 is 0 Å². The molecule has 2 aliphatic rings. The molecule has 1 unspecified atom stereocenters. The molecule has 2 saturated heterocycles. The molecule has 2 heterocycles. The minimum atomic E-state index is -0.659. The first-order valence-electron chi connectivity index (χ1n) is 8.73. The summed E-state index contributed by atoms with van der Waals surface area (Å²) in [6.07, 6.45) is 5.84. The number of hydrogen-bond acceptors (Lipinski definition) is 3. The smallest absolute Gasteiger partial charge is 0.256 e. The van der Waals surface area contributed by atoms with Crippen molar-refractivity contribution < 1.29 is 9.53 Å². The van der Waals surface area contributed by atoms with Gasteiger partial charge in [0.2, 0.25) is 0 Å². The van der Waals surface area contributed by atoms with E-state index in [9.17, 15) is 4.79 Å². The SMILES string of the molecule is CCCCCC1(C)OC2(CC(C)(C)NC(C)(C)C2)N(C)C1=O. The number of rotatable bonds is 4. The van der Waals surface area contributed by atoms with Gasteiger partial charge >= 0.3 is 0 Å². The van der Waals surface area contributed by atoms with E-state index in [0.29, 0.717) is 0 Å². The standard InChI is InChI=1S/C18H34N2O2/c1-8-9-10-11-17(6)14(21)20(7)18(22-17)12-15(2,3)19-16(4,5)13-18/h19H,8-13H2,1-7H3. The van der Waals surface area contributed by atoms with Crippen molar-refractivity contribution in [2.45, 2.75) is 102 Å². The third kappa shape index (κ3) is 3.18. The zero-order valence-corrected chi connectivity index (χ0v) is 15.5. The van der Waals surface area contributed by atoms with Crippen LogP contribution >= 0.6 is 0 Å². The Hall–Kier alpha value is -0.610. The number of nitrogens with one attached hydrogen (secondary N) is 1. The fourth-order valence-electron chi connectivity index (χ4n) is 4.70. The Morgan fingerprint density at radius 3 is 2.14 bits per heavy atom. The maximum atomic E-state index is 12.9. The van der Waals surface area contributed by atoms with Crippen LogP contribution in [0, 0.1) is 0 Å². The molecule has 1 spiro atoms. The second kappa shape index (κ2) is 5.48. The third-order valence-corrected chi connectivity index (χ3v) is 5.15. The summed E-state index contributed by atoms with van der Waals surface area (Å²) in [7, 11) is 1.92. The van der Waals surface area contributed by atoms with Gasteiger partial charge in [0.15, 0.2) is 0 Å². The number of amides is 1. The molecule has 1 atom stereocenters. The molecule has 2 rings (SSSR count). The summed E-state index contributed by atoms with van der Waals surface area (Å²) < 4.78 is 6.56. The van der Waals surface area contributed by atoms with E-state index in [1.165, 1.54) is 0 Å². The summed E-state index contributed by atoms with van der Waals surface area (Å²) in [6.45, 7) is 13.0. The fourth-order valence-corrected chi connectivity index (χ4v) is 4.70. The predicted molar refractivity (Wildman–Crippen MR) is 89.7 cm³/mol. The number of carbonyl (C=O) groups is 1. The van der Waals surface area contributed by atoms with Gasteiger partial charge in [-0.05, 0) is 41.0 Å². The zero-order chi connectivity index (χ0) is 16.8. The van der Waals surface area contributed by atoms with E-state index in [1.54, 1.807) is 0 Å². The molecule has 0 bridgehead atoms. The van der Waals surface area contributed by atoms with Gasteiger partial charge in [-0.3, -0.25) is 4.79 Å². The van der Waals surface area contributed by atoms with Gasteiger partial charge in [0.1, 0.15) is 11.3 Å². The number of carbonyl (C=O) groups excluding carboxylic acids is 1. The van der Waals surface area contributed by atoms with Crippen molar-refractivity contribution in [2.75, 3.05) is 7.05 Å². The Labute approximate surface area is 136 Å². The van der Waals surface area contributed by atoms with Crippen molar-refractivity contribution in [3.63, 3.8) is 0 Å². The summed E-state index contributed by atoms with van der Waals surface area (Å²) in [5, 5.41) is 3.68. The van der Waals surface area contributed by atoms with Gasteiger partial charge in [0, 0.05) is 31.0 Å². The van der Waals surface area contributed by atoms with Crippen LogP contribution in [0.1, 0.15) is 80.1 Å². The van der Waals surface area contributed by atoms with Crippen LogP contribution in [0.25, 0.3) is 0 Å². The Morgan fingerprint density at radius 1 is 1.09 bits per heavy atom. The zero-order valence-electron chi connectivity index (χ0n) is 15.5. The van der Waals surface area contributed by atoms with E-state index in [-0.39, 0.29) is 17.0 Å². The molecule has 128 valence electrons. The molecule has 22 heavy (non-hydrogen) atoms. The van der Waals surface area contributed by atoms with Crippen LogP contribution in [0.2, 0.25) is 0 Å². The molecular formula is C18H34N2O2. The molecule has 1 N–H and O–H groups in total.